The van der Waals surface area contributed by atoms with E-state index in [1.165, 1.54) is 0 Å². The molecule has 0 unspecified atom stereocenters. The van der Waals surface area contributed by atoms with Crippen LogP contribution in [-0.4, -0.2) is 46.5 Å². The van der Waals surface area contributed by atoms with E-state index in [1.807, 2.05) is 14.0 Å². The first-order valence-electron chi connectivity index (χ1n) is 5.24. The van der Waals surface area contributed by atoms with Crippen LogP contribution in [0.25, 0.3) is 0 Å². The van der Waals surface area contributed by atoms with Gasteiger partial charge >= 0.3 is 5.69 Å². The molecular formula is C9H16N6O2. The molecule has 94 valence electrons. The number of nitro groups is 1. The highest BCUT2D eigenvalue weighted by Crippen LogP contribution is 2.20. The lowest BCUT2D eigenvalue weighted by molar-refractivity contribution is -0.384. The molecule has 0 saturated heterocycles. The van der Waals surface area contributed by atoms with Crippen molar-refractivity contribution in [1.29, 1.82) is 0 Å². The first kappa shape index (κ1) is 13.1. The maximum atomic E-state index is 10.7. The highest BCUT2D eigenvalue weighted by Gasteiger charge is 2.15. The smallest absolute Gasteiger partial charge is 0.329 e. The van der Waals surface area contributed by atoms with E-state index in [1.54, 1.807) is 0 Å². The van der Waals surface area contributed by atoms with Crippen LogP contribution in [0.15, 0.2) is 6.20 Å². The third kappa shape index (κ3) is 3.83. The third-order valence-electron chi connectivity index (χ3n) is 2.31. The molecule has 8 heteroatoms. The predicted octanol–water partition coefficient (Wildman–Crippen LogP) is 0.331. The van der Waals surface area contributed by atoms with Crippen LogP contribution in [0.1, 0.15) is 6.92 Å². The molecule has 0 bridgehead atoms. The van der Waals surface area contributed by atoms with E-state index < -0.39 is 4.92 Å². The Bertz CT molecular complexity index is 397. The monoisotopic (exact) mass is 240 g/mol. The minimum absolute atomic E-state index is 0.0157. The van der Waals surface area contributed by atoms with Crippen LogP contribution in [0, 0.1) is 10.1 Å². The fourth-order valence-corrected chi connectivity index (χ4v) is 1.18. The first-order valence-corrected chi connectivity index (χ1v) is 5.24. The predicted molar refractivity (Wildman–Crippen MR) is 64.8 cm³/mol. The Morgan fingerprint density at radius 1 is 1.65 bits per heavy atom. The van der Waals surface area contributed by atoms with E-state index in [2.05, 4.69) is 20.2 Å². The zero-order valence-electron chi connectivity index (χ0n) is 9.88. The Morgan fingerprint density at radius 2 is 2.35 bits per heavy atom. The topological polar surface area (TPSA) is 110 Å². The Hall–Kier alpha value is -1.96. The number of likely N-dealkylation sites (N-methyl/N-ethyl adjacent to an activating group) is 1. The summed E-state index contributed by atoms with van der Waals surface area (Å²) in [5.74, 6) is 0.175. The average molecular weight is 240 g/mol. The molecule has 3 N–H and O–H groups in total. The molecule has 0 aromatic carbocycles. The van der Waals surface area contributed by atoms with E-state index in [-0.39, 0.29) is 17.5 Å². The Kier molecular flexibility index (Phi) is 4.58. The summed E-state index contributed by atoms with van der Waals surface area (Å²) < 4.78 is 0. The van der Waals surface area contributed by atoms with Crippen molar-refractivity contribution in [2.45, 2.75) is 6.92 Å². The van der Waals surface area contributed by atoms with Crippen molar-refractivity contribution < 1.29 is 4.92 Å². The second-order valence-electron chi connectivity index (χ2n) is 3.54. The van der Waals surface area contributed by atoms with Gasteiger partial charge in [0.1, 0.15) is 6.20 Å². The molecule has 17 heavy (non-hydrogen) atoms. The van der Waals surface area contributed by atoms with Crippen molar-refractivity contribution in [2.75, 3.05) is 37.7 Å². The summed E-state index contributed by atoms with van der Waals surface area (Å²) in [6.07, 6.45) is 1.11. The lowest BCUT2D eigenvalue weighted by atomic mass is 10.4. The van der Waals surface area contributed by atoms with Gasteiger partial charge in [0.25, 0.3) is 0 Å². The molecule has 8 nitrogen and oxygen atoms in total. The average Bonchev–Trinajstić information content (AvgIpc) is 2.28. The summed E-state index contributed by atoms with van der Waals surface area (Å²) in [6.45, 7) is 4.26. The van der Waals surface area contributed by atoms with Gasteiger partial charge in [-0.2, -0.15) is 4.98 Å². The van der Waals surface area contributed by atoms with E-state index in [9.17, 15) is 10.1 Å². The lowest BCUT2D eigenvalue weighted by Crippen LogP contribution is -2.25. The highest BCUT2D eigenvalue weighted by molar-refractivity contribution is 5.56. The van der Waals surface area contributed by atoms with Crippen molar-refractivity contribution in [3.63, 3.8) is 0 Å². The van der Waals surface area contributed by atoms with Crippen LogP contribution in [0.5, 0.6) is 0 Å². The molecular weight excluding hydrogens is 224 g/mol. The molecule has 1 heterocycles. The molecule has 1 rings (SSSR count). The summed E-state index contributed by atoms with van der Waals surface area (Å²) in [5.41, 5.74) is 5.22. The molecule has 0 saturated carbocycles. The highest BCUT2D eigenvalue weighted by atomic mass is 16.6. The Labute approximate surface area is 99.0 Å². The standard InChI is InChI=1S/C9H16N6O2/c1-3-14(2)5-4-11-8-7(15(16)17)6-12-9(10)13-8/h6H,3-5H2,1-2H3,(H3,10,11,12,13). The van der Waals surface area contributed by atoms with Gasteiger partial charge in [-0.1, -0.05) is 6.92 Å². The van der Waals surface area contributed by atoms with Crippen LogP contribution in [0.3, 0.4) is 0 Å². The van der Waals surface area contributed by atoms with E-state index in [0.29, 0.717) is 6.54 Å². The number of nitrogens with one attached hydrogen (secondary N) is 1. The van der Waals surface area contributed by atoms with Gasteiger partial charge in [0.15, 0.2) is 0 Å². The van der Waals surface area contributed by atoms with Crippen molar-refractivity contribution in [3.8, 4) is 0 Å². The second-order valence-corrected chi connectivity index (χ2v) is 3.54. The zero-order chi connectivity index (χ0) is 12.8. The summed E-state index contributed by atoms with van der Waals surface area (Å²) in [7, 11) is 1.96. The SMILES string of the molecule is CCN(C)CCNc1nc(N)ncc1[N+](=O)[O-]. The summed E-state index contributed by atoms with van der Waals surface area (Å²) >= 11 is 0. The number of nitrogens with two attached hydrogens (primary N) is 1. The van der Waals surface area contributed by atoms with E-state index in [4.69, 9.17) is 5.73 Å². The molecule has 1 aromatic rings. The van der Waals surface area contributed by atoms with Gasteiger partial charge in [0, 0.05) is 13.1 Å². The molecule has 0 spiro atoms. The summed E-state index contributed by atoms with van der Waals surface area (Å²) in [4.78, 5) is 19.7. The van der Waals surface area contributed by atoms with Crippen LogP contribution in [-0.2, 0) is 0 Å². The van der Waals surface area contributed by atoms with Crippen LogP contribution >= 0.6 is 0 Å². The molecule has 0 amide bonds. The lowest BCUT2D eigenvalue weighted by Gasteiger charge is -2.14. The summed E-state index contributed by atoms with van der Waals surface area (Å²) in [6, 6.07) is 0. The molecule has 0 fully saturated rings. The number of hydrogen-bond acceptors (Lipinski definition) is 7. The number of nitrogens with zero attached hydrogens (tertiary/aromatic N) is 4. The largest absolute Gasteiger partial charge is 0.368 e. The van der Waals surface area contributed by atoms with E-state index in [0.717, 1.165) is 19.3 Å². The third-order valence-corrected chi connectivity index (χ3v) is 2.31. The number of rotatable bonds is 6. The Balaban J connectivity index is 2.68. The Morgan fingerprint density at radius 3 is 2.94 bits per heavy atom. The molecule has 0 radical (unpaired) electrons. The first-order chi connectivity index (χ1) is 8.04. The quantitative estimate of drug-likeness (QED) is 0.544. The fraction of sp³-hybridized carbons (Fsp3) is 0.556. The van der Waals surface area contributed by atoms with Crippen molar-refractivity contribution in [2.24, 2.45) is 0 Å². The van der Waals surface area contributed by atoms with E-state index >= 15 is 0 Å². The molecule has 0 aliphatic carbocycles. The molecule has 0 aliphatic heterocycles. The van der Waals surface area contributed by atoms with Crippen molar-refractivity contribution in [1.82, 2.24) is 14.9 Å². The second kappa shape index (κ2) is 5.94. The molecule has 1 aromatic heterocycles. The van der Waals surface area contributed by atoms with Gasteiger partial charge < -0.3 is 16.0 Å². The van der Waals surface area contributed by atoms with Gasteiger partial charge in [-0.05, 0) is 13.6 Å². The number of nitrogen functional groups attached to an aromatic ring is 1. The van der Waals surface area contributed by atoms with Gasteiger partial charge in [-0.15, -0.1) is 0 Å². The van der Waals surface area contributed by atoms with Gasteiger partial charge in [0.05, 0.1) is 4.92 Å². The van der Waals surface area contributed by atoms with Crippen LogP contribution < -0.4 is 11.1 Å². The molecule has 0 atom stereocenters. The van der Waals surface area contributed by atoms with Crippen molar-refractivity contribution >= 4 is 17.5 Å². The van der Waals surface area contributed by atoms with Gasteiger partial charge in [-0.25, -0.2) is 4.98 Å². The maximum Gasteiger partial charge on any atom is 0.329 e. The normalized spacial score (nSPS) is 10.5. The minimum Gasteiger partial charge on any atom is -0.368 e. The van der Waals surface area contributed by atoms with Gasteiger partial charge in [-0.3, -0.25) is 10.1 Å². The zero-order valence-corrected chi connectivity index (χ0v) is 9.88. The van der Waals surface area contributed by atoms with Crippen LogP contribution in [0.2, 0.25) is 0 Å². The number of aromatic nitrogens is 2. The van der Waals surface area contributed by atoms with Gasteiger partial charge in [0.2, 0.25) is 11.8 Å². The molecule has 0 aliphatic rings. The number of anilines is 2. The van der Waals surface area contributed by atoms with Crippen molar-refractivity contribution in [3.05, 3.63) is 16.3 Å². The maximum absolute atomic E-state index is 10.7. The number of hydrogen-bond donors (Lipinski definition) is 2. The summed E-state index contributed by atoms with van der Waals surface area (Å²) in [5, 5.41) is 13.6. The van der Waals surface area contributed by atoms with Crippen LogP contribution in [0.4, 0.5) is 17.5 Å². The fourth-order valence-electron chi connectivity index (χ4n) is 1.18. The minimum atomic E-state index is -0.536.